The number of nitrogens with one attached hydrogen (secondary N) is 2. The number of hydrogen-bond donors (Lipinski definition) is 2. The predicted octanol–water partition coefficient (Wildman–Crippen LogP) is 1.32. The predicted molar refractivity (Wildman–Crippen MR) is 65.6 cm³/mol. The zero-order chi connectivity index (χ0) is 11.6. The fourth-order valence-electron chi connectivity index (χ4n) is 2.94. The average Bonchev–Trinajstić information content (AvgIpc) is 2.95. The first kappa shape index (κ1) is 12.9. The number of rotatable bonds is 6. The summed E-state index contributed by atoms with van der Waals surface area (Å²) in [5, 5.41) is 5.65. The van der Waals surface area contributed by atoms with Crippen LogP contribution in [0.3, 0.4) is 0 Å². The quantitative estimate of drug-likeness (QED) is 0.652. The second-order valence-corrected chi connectivity index (χ2v) is 5.22. The molecule has 1 fully saturated rings. The molecule has 4 atom stereocenters. The molecule has 0 aromatic rings. The lowest BCUT2D eigenvalue weighted by molar-refractivity contribution is 0.0849. The highest BCUT2D eigenvalue weighted by Gasteiger charge is 2.44. The van der Waals surface area contributed by atoms with Gasteiger partial charge in [-0.15, -0.1) is 0 Å². The van der Waals surface area contributed by atoms with Crippen molar-refractivity contribution in [3.05, 3.63) is 0 Å². The van der Waals surface area contributed by atoms with E-state index < -0.39 is 0 Å². The molecular formula is C12H27N3. The van der Waals surface area contributed by atoms with Gasteiger partial charge in [-0.05, 0) is 38.3 Å². The third-order valence-corrected chi connectivity index (χ3v) is 3.91. The van der Waals surface area contributed by atoms with Crippen LogP contribution in [0.4, 0.5) is 0 Å². The summed E-state index contributed by atoms with van der Waals surface area (Å²) in [5.41, 5.74) is 3.26. The van der Waals surface area contributed by atoms with Gasteiger partial charge in [0.2, 0.25) is 0 Å². The third-order valence-electron chi connectivity index (χ3n) is 3.91. The largest absolute Gasteiger partial charge is 0.317 e. The second-order valence-electron chi connectivity index (χ2n) is 5.22. The van der Waals surface area contributed by atoms with Crippen LogP contribution in [0, 0.1) is 17.8 Å². The summed E-state index contributed by atoms with van der Waals surface area (Å²) in [7, 11) is 6.23. The first-order valence-corrected chi connectivity index (χ1v) is 6.10. The Morgan fingerprint density at radius 3 is 2.13 bits per heavy atom. The Kier molecular flexibility index (Phi) is 4.56. The van der Waals surface area contributed by atoms with Crippen LogP contribution >= 0.6 is 0 Å². The fourth-order valence-corrected chi connectivity index (χ4v) is 2.94. The van der Waals surface area contributed by atoms with Gasteiger partial charge in [0.1, 0.15) is 0 Å². The summed E-state index contributed by atoms with van der Waals surface area (Å²) >= 11 is 0. The van der Waals surface area contributed by atoms with Crippen LogP contribution in [-0.4, -0.2) is 38.2 Å². The molecule has 1 aliphatic rings. The fraction of sp³-hybridized carbons (Fsp3) is 1.00. The van der Waals surface area contributed by atoms with Gasteiger partial charge in [-0.2, -0.15) is 0 Å². The van der Waals surface area contributed by atoms with Crippen LogP contribution in [-0.2, 0) is 0 Å². The number of hydrogen-bond acceptors (Lipinski definition) is 3. The topological polar surface area (TPSA) is 27.3 Å². The molecule has 0 spiro atoms. The van der Waals surface area contributed by atoms with E-state index in [0.717, 1.165) is 17.9 Å². The van der Waals surface area contributed by atoms with Crippen molar-refractivity contribution >= 4 is 0 Å². The van der Waals surface area contributed by atoms with Crippen LogP contribution in [0.1, 0.15) is 27.2 Å². The molecule has 0 aromatic heterocycles. The molecule has 0 amide bonds. The number of nitrogens with zero attached hydrogens (tertiary/aromatic N) is 1. The molecule has 90 valence electrons. The molecule has 2 N–H and O–H groups in total. The van der Waals surface area contributed by atoms with E-state index in [1.54, 1.807) is 0 Å². The maximum absolute atomic E-state index is 3.38. The van der Waals surface area contributed by atoms with Crippen LogP contribution in [0.15, 0.2) is 0 Å². The van der Waals surface area contributed by atoms with Crippen molar-refractivity contribution in [1.29, 1.82) is 0 Å². The Balaban J connectivity index is 2.56. The molecule has 0 aromatic carbocycles. The lowest BCUT2D eigenvalue weighted by Gasteiger charge is -2.35. The SMILES string of the molecule is CN[C@H]1CC1C(C)C(C(C)C)N(C)NC. The molecule has 0 bridgehead atoms. The Labute approximate surface area is 94.6 Å². The van der Waals surface area contributed by atoms with Gasteiger partial charge in [-0.1, -0.05) is 20.8 Å². The standard InChI is InChI=1S/C12H27N3/c1-8(2)12(15(6)14-5)9(3)10-7-11(10)13-4/h8-14H,7H2,1-6H3/t9?,10?,11-,12?/m0/s1. The average molecular weight is 213 g/mol. The van der Waals surface area contributed by atoms with Gasteiger partial charge in [0.15, 0.2) is 0 Å². The summed E-state index contributed by atoms with van der Waals surface area (Å²) < 4.78 is 0. The van der Waals surface area contributed by atoms with Gasteiger partial charge in [0.25, 0.3) is 0 Å². The van der Waals surface area contributed by atoms with E-state index in [1.165, 1.54) is 6.42 Å². The highest BCUT2D eigenvalue weighted by molar-refractivity contribution is 4.98. The Hall–Kier alpha value is -0.120. The van der Waals surface area contributed by atoms with Gasteiger partial charge >= 0.3 is 0 Å². The first-order valence-electron chi connectivity index (χ1n) is 6.10. The van der Waals surface area contributed by atoms with Gasteiger partial charge in [-0.3, -0.25) is 5.43 Å². The minimum atomic E-state index is 0.623. The molecule has 15 heavy (non-hydrogen) atoms. The van der Waals surface area contributed by atoms with Crippen molar-refractivity contribution in [2.75, 3.05) is 21.1 Å². The lowest BCUT2D eigenvalue weighted by Crippen LogP contribution is -2.48. The highest BCUT2D eigenvalue weighted by atomic mass is 15.5. The molecule has 3 nitrogen and oxygen atoms in total. The highest BCUT2D eigenvalue weighted by Crippen LogP contribution is 2.41. The van der Waals surface area contributed by atoms with Gasteiger partial charge in [0, 0.05) is 19.1 Å². The van der Waals surface area contributed by atoms with E-state index in [9.17, 15) is 0 Å². The van der Waals surface area contributed by atoms with Gasteiger partial charge < -0.3 is 5.32 Å². The van der Waals surface area contributed by atoms with Crippen molar-refractivity contribution in [3.63, 3.8) is 0 Å². The van der Waals surface area contributed by atoms with Crippen molar-refractivity contribution in [2.45, 2.75) is 39.3 Å². The molecule has 0 heterocycles. The van der Waals surface area contributed by atoms with Crippen molar-refractivity contribution in [1.82, 2.24) is 15.8 Å². The summed E-state index contributed by atoms with van der Waals surface area (Å²) in [4.78, 5) is 0. The van der Waals surface area contributed by atoms with E-state index in [-0.39, 0.29) is 0 Å². The van der Waals surface area contributed by atoms with E-state index >= 15 is 0 Å². The Morgan fingerprint density at radius 2 is 1.80 bits per heavy atom. The van der Waals surface area contributed by atoms with E-state index in [4.69, 9.17) is 0 Å². The normalized spacial score (nSPS) is 29.6. The van der Waals surface area contributed by atoms with Gasteiger partial charge in [-0.25, -0.2) is 5.01 Å². The molecule has 0 saturated heterocycles. The Morgan fingerprint density at radius 1 is 1.20 bits per heavy atom. The number of hydrazine groups is 1. The van der Waals surface area contributed by atoms with Crippen LogP contribution < -0.4 is 10.7 Å². The molecule has 3 heteroatoms. The van der Waals surface area contributed by atoms with Crippen molar-refractivity contribution in [2.24, 2.45) is 17.8 Å². The molecule has 1 rings (SSSR count). The van der Waals surface area contributed by atoms with Crippen LogP contribution in [0.5, 0.6) is 0 Å². The summed E-state index contributed by atoms with van der Waals surface area (Å²) in [5.74, 6) is 2.30. The van der Waals surface area contributed by atoms with Crippen LogP contribution in [0.25, 0.3) is 0 Å². The first-order chi connectivity index (χ1) is 7.02. The smallest absolute Gasteiger partial charge is 0.0292 e. The summed E-state index contributed by atoms with van der Waals surface area (Å²) in [6.07, 6.45) is 1.35. The molecule has 0 aliphatic heterocycles. The summed E-state index contributed by atoms with van der Waals surface area (Å²) in [6.45, 7) is 7.01. The summed E-state index contributed by atoms with van der Waals surface area (Å²) in [6, 6.07) is 1.38. The zero-order valence-electron chi connectivity index (χ0n) is 11.0. The molecule has 0 radical (unpaired) electrons. The Bertz CT molecular complexity index is 193. The van der Waals surface area contributed by atoms with Crippen molar-refractivity contribution < 1.29 is 0 Å². The monoisotopic (exact) mass is 213 g/mol. The minimum Gasteiger partial charge on any atom is -0.317 e. The van der Waals surface area contributed by atoms with E-state index in [1.807, 2.05) is 7.05 Å². The molecule has 3 unspecified atom stereocenters. The van der Waals surface area contributed by atoms with E-state index in [2.05, 4.69) is 50.6 Å². The second kappa shape index (κ2) is 5.28. The molecule has 1 saturated carbocycles. The molecule has 1 aliphatic carbocycles. The third kappa shape index (κ3) is 2.92. The maximum atomic E-state index is 3.38. The molecular weight excluding hydrogens is 186 g/mol. The maximum Gasteiger partial charge on any atom is 0.0292 e. The minimum absolute atomic E-state index is 0.623. The zero-order valence-corrected chi connectivity index (χ0v) is 11.0. The van der Waals surface area contributed by atoms with Crippen LogP contribution in [0.2, 0.25) is 0 Å². The van der Waals surface area contributed by atoms with E-state index in [0.29, 0.717) is 12.0 Å². The van der Waals surface area contributed by atoms with Crippen molar-refractivity contribution in [3.8, 4) is 0 Å². The van der Waals surface area contributed by atoms with Gasteiger partial charge in [0.05, 0.1) is 0 Å². The lowest BCUT2D eigenvalue weighted by atomic mass is 9.87.